The number of carbonyl (C=O) groups is 1. The summed E-state index contributed by atoms with van der Waals surface area (Å²) in [6.07, 6.45) is 0.206. The van der Waals surface area contributed by atoms with Crippen molar-refractivity contribution in [2.45, 2.75) is 13.0 Å². The summed E-state index contributed by atoms with van der Waals surface area (Å²) >= 11 is 0. The van der Waals surface area contributed by atoms with Gasteiger partial charge in [0.2, 0.25) is 5.91 Å². The summed E-state index contributed by atoms with van der Waals surface area (Å²) in [5, 5.41) is 12.4. The summed E-state index contributed by atoms with van der Waals surface area (Å²) in [4.78, 5) is 10.8. The molecule has 2 aromatic rings. The van der Waals surface area contributed by atoms with Crippen molar-refractivity contribution < 1.29 is 14.3 Å². The fraction of sp³-hybridized carbons (Fsp3) is 0.133. The van der Waals surface area contributed by atoms with E-state index in [0.717, 1.165) is 17.3 Å². The first-order valence-electron chi connectivity index (χ1n) is 6.12. The van der Waals surface area contributed by atoms with E-state index in [-0.39, 0.29) is 18.1 Å². The Bertz CT molecular complexity index is 592. The van der Waals surface area contributed by atoms with Crippen LogP contribution >= 0.6 is 0 Å². The molecule has 0 saturated heterocycles. The number of aromatic hydroxyl groups is 1. The van der Waals surface area contributed by atoms with Crippen LogP contribution in [0.25, 0.3) is 0 Å². The SMILES string of the molecule is NC(=O)Cc1ccc(NCc2cc(O)cc(F)c2)cc1. The van der Waals surface area contributed by atoms with E-state index in [1.54, 1.807) is 12.1 Å². The van der Waals surface area contributed by atoms with Crippen LogP contribution in [0.15, 0.2) is 42.5 Å². The number of phenolic OH excluding ortho intramolecular Hbond substituents is 1. The normalized spacial score (nSPS) is 10.2. The van der Waals surface area contributed by atoms with Crippen molar-refractivity contribution in [3.05, 3.63) is 59.4 Å². The number of phenols is 1. The molecule has 0 aromatic heterocycles. The third-order valence-corrected chi connectivity index (χ3v) is 2.77. The monoisotopic (exact) mass is 274 g/mol. The van der Waals surface area contributed by atoms with E-state index in [1.807, 2.05) is 12.1 Å². The van der Waals surface area contributed by atoms with Gasteiger partial charge in [-0.25, -0.2) is 4.39 Å². The molecule has 4 N–H and O–H groups in total. The molecule has 0 fully saturated rings. The second kappa shape index (κ2) is 6.06. The molecule has 0 aliphatic rings. The van der Waals surface area contributed by atoms with Gasteiger partial charge in [0.1, 0.15) is 11.6 Å². The highest BCUT2D eigenvalue weighted by atomic mass is 19.1. The van der Waals surface area contributed by atoms with E-state index in [4.69, 9.17) is 5.73 Å². The number of anilines is 1. The Morgan fingerprint density at radius 1 is 1.15 bits per heavy atom. The predicted octanol–water partition coefficient (Wildman–Crippen LogP) is 2.17. The molecule has 0 atom stereocenters. The molecule has 104 valence electrons. The lowest BCUT2D eigenvalue weighted by Crippen LogP contribution is -2.13. The molecule has 0 saturated carbocycles. The molecule has 1 amide bonds. The van der Waals surface area contributed by atoms with Crippen molar-refractivity contribution in [1.29, 1.82) is 0 Å². The lowest BCUT2D eigenvalue weighted by atomic mass is 10.1. The molecule has 4 nitrogen and oxygen atoms in total. The van der Waals surface area contributed by atoms with E-state index >= 15 is 0 Å². The van der Waals surface area contributed by atoms with Crippen molar-refractivity contribution in [2.75, 3.05) is 5.32 Å². The Hall–Kier alpha value is -2.56. The van der Waals surface area contributed by atoms with Crippen molar-refractivity contribution in [2.24, 2.45) is 5.73 Å². The quantitative estimate of drug-likeness (QED) is 0.782. The summed E-state index contributed by atoms with van der Waals surface area (Å²) < 4.78 is 13.1. The fourth-order valence-electron chi connectivity index (χ4n) is 1.88. The molecular formula is C15H15FN2O2. The Balaban J connectivity index is 1.98. The Kier molecular flexibility index (Phi) is 4.20. The topological polar surface area (TPSA) is 75.4 Å². The molecule has 0 heterocycles. The van der Waals surface area contributed by atoms with Crippen LogP contribution in [0.2, 0.25) is 0 Å². The van der Waals surface area contributed by atoms with E-state index in [0.29, 0.717) is 12.1 Å². The molecule has 2 aromatic carbocycles. The third-order valence-electron chi connectivity index (χ3n) is 2.77. The molecule has 0 radical (unpaired) electrons. The zero-order valence-electron chi connectivity index (χ0n) is 10.8. The number of amides is 1. The third kappa shape index (κ3) is 3.98. The summed E-state index contributed by atoms with van der Waals surface area (Å²) in [5.74, 6) is -0.946. The van der Waals surface area contributed by atoms with Gasteiger partial charge in [0, 0.05) is 18.3 Å². The Morgan fingerprint density at radius 2 is 1.85 bits per heavy atom. The van der Waals surface area contributed by atoms with Crippen LogP contribution < -0.4 is 11.1 Å². The Morgan fingerprint density at radius 3 is 2.45 bits per heavy atom. The smallest absolute Gasteiger partial charge is 0.221 e. The van der Waals surface area contributed by atoms with Gasteiger partial charge in [0.15, 0.2) is 0 Å². The molecular weight excluding hydrogens is 259 g/mol. The van der Waals surface area contributed by atoms with Crippen LogP contribution in [-0.2, 0) is 17.8 Å². The number of hydrogen-bond acceptors (Lipinski definition) is 3. The van der Waals surface area contributed by atoms with Gasteiger partial charge in [0.05, 0.1) is 6.42 Å². The number of primary amides is 1. The molecule has 2 rings (SSSR count). The number of nitrogens with one attached hydrogen (secondary N) is 1. The van der Waals surface area contributed by atoms with E-state index in [2.05, 4.69) is 5.32 Å². The second-order valence-corrected chi connectivity index (χ2v) is 4.51. The second-order valence-electron chi connectivity index (χ2n) is 4.51. The van der Waals surface area contributed by atoms with Gasteiger partial charge in [-0.1, -0.05) is 12.1 Å². The van der Waals surface area contributed by atoms with Gasteiger partial charge in [-0.05, 0) is 35.4 Å². The lowest BCUT2D eigenvalue weighted by molar-refractivity contribution is -0.117. The van der Waals surface area contributed by atoms with Gasteiger partial charge < -0.3 is 16.2 Å². The molecule has 5 heteroatoms. The average Bonchev–Trinajstić information content (AvgIpc) is 2.36. The van der Waals surface area contributed by atoms with Crippen molar-refractivity contribution in [3.8, 4) is 5.75 Å². The summed E-state index contributed by atoms with van der Waals surface area (Å²) in [5.41, 5.74) is 7.43. The van der Waals surface area contributed by atoms with Gasteiger partial charge in [-0.3, -0.25) is 4.79 Å². The number of benzene rings is 2. The van der Waals surface area contributed by atoms with Crippen LogP contribution in [0.1, 0.15) is 11.1 Å². The van der Waals surface area contributed by atoms with Crippen LogP contribution in [0.5, 0.6) is 5.75 Å². The lowest BCUT2D eigenvalue weighted by Gasteiger charge is -2.08. The standard InChI is InChI=1S/C15H15FN2O2/c16-12-5-11(6-14(19)8-12)9-18-13-3-1-10(2-4-13)7-15(17)20/h1-6,8,18-19H,7,9H2,(H2,17,20). The summed E-state index contributed by atoms with van der Waals surface area (Å²) in [7, 11) is 0. The van der Waals surface area contributed by atoms with Crippen molar-refractivity contribution in [1.82, 2.24) is 0 Å². The fourth-order valence-corrected chi connectivity index (χ4v) is 1.88. The molecule has 0 aliphatic heterocycles. The van der Waals surface area contributed by atoms with Crippen molar-refractivity contribution in [3.63, 3.8) is 0 Å². The first-order chi connectivity index (χ1) is 9.52. The number of nitrogens with two attached hydrogens (primary N) is 1. The van der Waals surface area contributed by atoms with Gasteiger partial charge >= 0.3 is 0 Å². The van der Waals surface area contributed by atoms with Gasteiger partial charge in [-0.15, -0.1) is 0 Å². The number of rotatable bonds is 5. The maximum absolute atomic E-state index is 13.1. The maximum atomic E-state index is 13.1. The molecule has 0 spiro atoms. The average molecular weight is 274 g/mol. The highest BCUT2D eigenvalue weighted by Gasteiger charge is 2.01. The first kappa shape index (κ1) is 13.9. The maximum Gasteiger partial charge on any atom is 0.221 e. The predicted molar refractivity (Wildman–Crippen MR) is 74.7 cm³/mol. The molecule has 0 aliphatic carbocycles. The van der Waals surface area contributed by atoms with Crippen molar-refractivity contribution >= 4 is 11.6 Å². The van der Waals surface area contributed by atoms with Crippen LogP contribution in [0.3, 0.4) is 0 Å². The minimum absolute atomic E-state index is 0.0985. The summed E-state index contributed by atoms with van der Waals surface area (Å²) in [6, 6.07) is 11.1. The van der Waals surface area contributed by atoms with Crippen LogP contribution in [-0.4, -0.2) is 11.0 Å². The largest absolute Gasteiger partial charge is 0.508 e. The van der Waals surface area contributed by atoms with Crippen LogP contribution in [0, 0.1) is 5.82 Å². The Labute approximate surface area is 116 Å². The molecule has 0 bridgehead atoms. The van der Waals surface area contributed by atoms with Gasteiger partial charge in [-0.2, -0.15) is 0 Å². The van der Waals surface area contributed by atoms with E-state index in [9.17, 15) is 14.3 Å². The molecule has 0 unspecified atom stereocenters. The van der Waals surface area contributed by atoms with E-state index in [1.165, 1.54) is 12.1 Å². The van der Waals surface area contributed by atoms with Gasteiger partial charge in [0.25, 0.3) is 0 Å². The number of carbonyl (C=O) groups excluding carboxylic acids is 1. The first-order valence-corrected chi connectivity index (χ1v) is 6.12. The zero-order valence-corrected chi connectivity index (χ0v) is 10.8. The highest BCUT2D eigenvalue weighted by Crippen LogP contribution is 2.16. The highest BCUT2D eigenvalue weighted by molar-refractivity contribution is 5.76. The minimum Gasteiger partial charge on any atom is -0.508 e. The number of halogens is 1. The summed E-state index contributed by atoms with van der Waals surface area (Å²) in [6.45, 7) is 0.389. The van der Waals surface area contributed by atoms with E-state index < -0.39 is 5.82 Å². The number of hydrogen-bond donors (Lipinski definition) is 3. The zero-order chi connectivity index (χ0) is 14.5. The van der Waals surface area contributed by atoms with Crippen LogP contribution in [0.4, 0.5) is 10.1 Å². The molecule has 20 heavy (non-hydrogen) atoms. The minimum atomic E-state index is -0.474.